The number of carbonyl (C=O) groups excluding carboxylic acids is 2. The average molecular weight is 616 g/mol. The van der Waals surface area contributed by atoms with E-state index in [9.17, 15) is 18.0 Å². The van der Waals surface area contributed by atoms with E-state index in [-0.39, 0.29) is 28.1 Å². The van der Waals surface area contributed by atoms with E-state index < -0.39 is 28.5 Å². The third-order valence-corrected chi connectivity index (χ3v) is 8.82. The van der Waals surface area contributed by atoms with Crippen molar-refractivity contribution in [3.05, 3.63) is 83.4 Å². The second kappa shape index (κ2) is 15.5. The van der Waals surface area contributed by atoms with Gasteiger partial charge >= 0.3 is 0 Å². The van der Waals surface area contributed by atoms with Crippen LogP contribution in [-0.2, 0) is 26.2 Å². The van der Waals surface area contributed by atoms with Crippen LogP contribution in [-0.4, -0.2) is 58.5 Å². The molecule has 0 radical (unpaired) electrons. The van der Waals surface area contributed by atoms with E-state index in [1.165, 1.54) is 36.3 Å². The maximum atomic E-state index is 14.2. The Morgan fingerprint density at radius 3 is 2.31 bits per heavy atom. The van der Waals surface area contributed by atoms with Gasteiger partial charge in [-0.15, -0.1) is 0 Å². The van der Waals surface area contributed by atoms with Crippen molar-refractivity contribution < 1.29 is 27.5 Å². The highest BCUT2D eigenvalue weighted by Crippen LogP contribution is 2.32. The van der Waals surface area contributed by atoms with E-state index >= 15 is 0 Å². The van der Waals surface area contributed by atoms with Crippen molar-refractivity contribution in [3.63, 3.8) is 0 Å². The molecule has 0 saturated carbocycles. The molecule has 0 aliphatic heterocycles. The number of sulfonamides is 1. The number of halogens is 1. The molecule has 2 amide bonds. The van der Waals surface area contributed by atoms with Gasteiger partial charge in [0, 0.05) is 13.1 Å². The summed E-state index contributed by atoms with van der Waals surface area (Å²) in [4.78, 5) is 28.9. The van der Waals surface area contributed by atoms with Gasteiger partial charge in [0.2, 0.25) is 11.8 Å². The molecule has 1 atom stereocenters. The fourth-order valence-corrected chi connectivity index (χ4v) is 6.13. The first-order valence-electron chi connectivity index (χ1n) is 13.8. The number of hydrogen-bond acceptors (Lipinski definition) is 6. The molecule has 0 aliphatic rings. The SMILES string of the molecule is CCCCNC(=O)[C@H](CC)N(Cc1cccc(OC)c1)C(=O)CN(c1ccc(OC)c(Cl)c1)S(=O)(=O)c1ccccc1. The van der Waals surface area contributed by atoms with Gasteiger partial charge < -0.3 is 19.7 Å². The lowest BCUT2D eigenvalue weighted by Gasteiger charge is -2.33. The summed E-state index contributed by atoms with van der Waals surface area (Å²) < 4.78 is 39.5. The number of ether oxygens (including phenoxy) is 2. The zero-order chi connectivity index (χ0) is 30.7. The van der Waals surface area contributed by atoms with E-state index in [2.05, 4.69) is 5.32 Å². The standard InChI is InChI=1S/C31H38ClN3O6S/c1-5-7-18-33-31(37)28(6-2)34(21-23-12-11-13-25(19-23)40-3)30(36)22-35(24-16-17-29(41-4)27(32)20-24)42(38,39)26-14-9-8-10-15-26/h8-17,19-20,28H,5-7,18,21-22H2,1-4H3,(H,33,37)/t28-/m0/s1. The third-order valence-electron chi connectivity index (χ3n) is 6.74. The second-order valence-corrected chi connectivity index (χ2v) is 11.9. The molecule has 0 unspecified atom stereocenters. The molecule has 0 aromatic heterocycles. The van der Waals surface area contributed by atoms with Crippen LogP contribution < -0.4 is 19.1 Å². The molecule has 0 aliphatic carbocycles. The Kier molecular flexibility index (Phi) is 12.1. The van der Waals surface area contributed by atoms with Crippen LogP contribution in [0.15, 0.2) is 77.7 Å². The van der Waals surface area contributed by atoms with Crippen LogP contribution in [0.2, 0.25) is 5.02 Å². The van der Waals surface area contributed by atoms with Gasteiger partial charge in [0.15, 0.2) is 0 Å². The molecule has 3 aromatic carbocycles. The van der Waals surface area contributed by atoms with Gasteiger partial charge in [-0.2, -0.15) is 0 Å². The van der Waals surface area contributed by atoms with Gasteiger partial charge in [0.05, 0.1) is 29.8 Å². The average Bonchev–Trinajstić information content (AvgIpc) is 3.00. The molecule has 226 valence electrons. The Labute approximate surface area is 253 Å². The molecule has 0 spiro atoms. The lowest BCUT2D eigenvalue weighted by Crippen LogP contribution is -2.52. The summed E-state index contributed by atoms with van der Waals surface area (Å²) in [5.74, 6) is 0.105. The number of nitrogens with one attached hydrogen (secondary N) is 1. The van der Waals surface area contributed by atoms with E-state index in [0.29, 0.717) is 24.5 Å². The van der Waals surface area contributed by atoms with Crippen molar-refractivity contribution in [2.24, 2.45) is 0 Å². The highest BCUT2D eigenvalue weighted by molar-refractivity contribution is 7.92. The summed E-state index contributed by atoms with van der Waals surface area (Å²) in [6, 6.07) is 18.7. The second-order valence-electron chi connectivity index (χ2n) is 9.59. The molecule has 0 heterocycles. The largest absolute Gasteiger partial charge is 0.497 e. The zero-order valence-electron chi connectivity index (χ0n) is 24.4. The summed E-state index contributed by atoms with van der Waals surface area (Å²) in [6.07, 6.45) is 2.03. The number of carbonyl (C=O) groups is 2. The Balaban J connectivity index is 2.07. The number of amides is 2. The molecule has 3 aromatic rings. The van der Waals surface area contributed by atoms with E-state index in [0.717, 1.165) is 22.7 Å². The van der Waals surface area contributed by atoms with Crippen LogP contribution in [0.5, 0.6) is 11.5 Å². The first-order chi connectivity index (χ1) is 20.2. The summed E-state index contributed by atoms with van der Waals surface area (Å²) in [5, 5.41) is 3.10. The van der Waals surface area contributed by atoms with Crippen LogP contribution in [0.3, 0.4) is 0 Å². The van der Waals surface area contributed by atoms with Crippen LogP contribution in [0.4, 0.5) is 5.69 Å². The van der Waals surface area contributed by atoms with Crippen molar-refractivity contribution in [1.29, 1.82) is 0 Å². The summed E-state index contributed by atoms with van der Waals surface area (Å²) >= 11 is 6.37. The number of nitrogens with zero attached hydrogens (tertiary/aromatic N) is 2. The Hall–Kier alpha value is -3.76. The molecule has 42 heavy (non-hydrogen) atoms. The lowest BCUT2D eigenvalue weighted by atomic mass is 10.1. The van der Waals surface area contributed by atoms with E-state index in [1.807, 2.05) is 19.9 Å². The first kappa shape index (κ1) is 32.8. The van der Waals surface area contributed by atoms with Crippen molar-refractivity contribution in [1.82, 2.24) is 10.2 Å². The molecule has 9 nitrogen and oxygen atoms in total. The fourth-order valence-electron chi connectivity index (χ4n) is 4.45. The number of benzene rings is 3. The maximum Gasteiger partial charge on any atom is 0.264 e. The van der Waals surface area contributed by atoms with Crippen LogP contribution in [0.1, 0.15) is 38.7 Å². The maximum absolute atomic E-state index is 14.2. The lowest BCUT2D eigenvalue weighted by molar-refractivity contribution is -0.140. The Morgan fingerprint density at radius 2 is 1.69 bits per heavy atom. The summed E-state index contributed by atoms with van der Waals surface area (Å²) in [5.41, 5.74) is 0.909. The van der Waals surface area contributed by atoms with Crippen LogP contribution in [0.25, 0.3) is 0 Å². The number of methoxy groups -OCH3 is 2. The predicted molar refractivity (Wildman–Crippen MR) is 165 cm³/mol. The Bertz CT molecular complexity index is 1450. The van der Waals surface area contributed by atoms with Crippen molar-refractivity contribution >= 4 is 39.1 Å². The van der Waals surface area contributed by atoms with E-state index in [4.69, 9.17) is 21.1 Å². The normalized spacial score (nSPS) is 11.8. The number of rotatable bonds is 15. The van der Waals surface area contributed by atoms with Gasteiger partial charge in [-0.25, -0.2) is 8.42 Å². The summed E-state index contributed by atoms with van der Waals surface area (Å²) in [7, 11) is -1.21. The van der Waals surface area contributed by atoms with Gasteiger partial charge in [-0.05, 0) is 60.9 Å². The van der Waals surface area contributed by atoms with E-state index in [1.54, 1.807) is 49.6 Å². The van der Waals surface area contributed by atoms with Crippen molar-refractivity contribution in [2.45, 2.75) is 50.6 Å². The monoisotopic (exact) mass is 615 g/mol. The minimum absolute atomic E-state index is 0.00781. The topological polar surface area (TPSA) is 105 Å². The van der Waals surface area contributed by atoms with Crippen LogP contribution in [0, 0.1) is 0 Å². The highest BCUT2D eigenvalue weighted by Gasteiger charge is 2.34. The number of hydrogen-bond donors (Lipinski definition) is 1. The van der Waals surface area contributed by atoms with Crippen LogP contribution >= 0.6 is 11.6 Å². The van der Waals surface area contributed by atoms with Crippen molar-refractivity contribution in [3.8, 4) is 11.5 Å². The van der Waals surface area contributed by atoms with Gasteiger partial charge in [-0.1, -0.05) is 62.2 Å². The van der Waals surface area contributed by atoms with Crippen molar-refractivity contribution in [2.75, 3.05) is 31.6 Å². The smallest absolute Gasteiger partial charge is 0.264 e. The molecule has 0 fully saturated rings. The minimum atomic E-state index is -4.21. The van der Waals surface area contributed by atoms with Gasteiger partial charge in [-0.3, -0.25) is 13.9 Å². The molecule has 11 heteroatoms. The molecule has 0 saturated heterocycles. The fraction of sp³-hybridized carbons (Fsp3) is 0.355. The van der Waals surface area contributed by atoms with Gasteiger partial charge in [0.1, 0.15) is 24.1 Å². The molecule has 1 N–H and O–H groups in total. The molecule has 0 bridgehead atoms. The minimum Gasteiger partial charge on any atom is -0.497 e. The quantitative estimate of drug-likeness (QED) is 0.233. The number of unbranched alkanes of at least 4 members (excludes halogenated alkanes) is 1. The third kappa shape index (κ3) is 8.17. The Morgan fingerprint density at radius 1 is 0.952 bits per heavy atom. The number of anilines is 1. The molecular weight excluding hydrogens is 578 g/mol. The van der Waals surface area contributed by atoms with Gasteiger partial charge in [0.25, 0.3) is 10.0 Å². The zero-order valence-corrected chi connectivity index (χ0v) is 26.0. The summed E-state index contributed by atoms with van der Waals surface area (Å²) in [6.45, 7) is 3.82. The predicted octanol–water partition coefficient (Wildman–Crippen LogP) is 5.28. The molecular formula is C31H38ClN3O6S. The highest BCUT2D eigenvalue weighted by atomic mass is 35.5. The first-order valence-corrected chi connectivity index (χ1v) is 15.6. The molecule has 3 rings (SSSR count).